The lowest BCUT2D eigenvalue weighted by atomic mass is 9.96. The van der Waals surface area contributed by atoms with Crippen LogP contribution in [-0.4, -0.2) is 61.9 Å². The molecule has 0 radical (unpaired) electrons. The summed E-state index contributed by atoms with van der Waals surface area (Å²) in [6.07, 6.45) is 9.84. The van der Waals surface area contributed by atoms with Gasteiger partial charge in [0.25, 0.3) is 0 Å². The second-order valence-electron chi connectivity index (χ2n) is 9.09. The number of hydrogen-bond donors (Lipinski definition) is 1. The maximum atomic E-state index is 12.9. The fourth-order valence-corrected chi connectivity index (χ4v) is 5.11. The second-order valence-corrected chi connectivity index (χ2v) is 9.09. The minimum Gasteiger partial charge on any atom is -0.356 e. The number of carbonyl (C=O) groups is 1. The van der Waals surface area contributed by atoms with Crippen LogP contribution in [-0.2, 0) is 10.2 Å². The van der Waals surface area contributed by atoms with Gasteiger partial charge >= 0.3 is 0 Å². The molecule has 5 heterocycles. The first-order chi connectivity index (χ1) is 15.2. The van der Waals surface area contributed by atoms with E-state index >= 15 is 0 Å². The summed E-state index contributed by atoms with van der Waals surface area (Å²) >= 11 is 0. The van der Waals surface area contributed by atoms with E-state index in [0.717, 1.165) is 93.3 Å². The van der Waals surface area contributed by atoms with Gasteiger partial charge in [-0.05, 0) is 56.7 Å². The summed E-state index contributed by atoms with van der Waals surface area (Å²) in [5, 5.41) is 0. The first kappa shape index (κ1) is 18.7. The predicted octanol–water partition coefficient (Wildman–Crippen LogP) is 2.67. The Balaban J connectivity index is 1.25. The summed E-state index contributed by atoms with van der Waals surface area (Å²) in [4.78, 5) is 39.3. The number of imidazole rings is 1. The zero-order valence-electron chi connectivity index (χ0n) is 17.6. The van der Waals surface area contributed by atoms with E-state index in [9.17, 15) is 4.79 Å². The van der Waals surface area contributed by atoms with Gasteiger partial charge in [0.05, 0.1) is 11.3 Å². The molecule has 8 heteroatoms. The zero-order chi connectivity index (χ0) is 20.8. The van der Waals surface area contributed by atoms with Gasteiger partial charge in [0, 0.05) is 38.6 Å². The van der Waals surface area contributed by atoms with Gasteiger partial charge < -0.3 is 14.8 Å². The molecule has 1 amide bonds. The van der Waals surface area contributed by atoms with Gasteiger partial charge in [-0.1, -0.05) is 0 Å². The van der Waals surface area contributed by atoms with E-state index in [1.165, 1.54) is 0 Å². The first-order valence-corrected chi connectivity index (χ1v) is 11.4. The van der Waals surface area contributed by atoms with Crippen LogP contribution in [0.5, 0.6) is 0 Å². The zero-order valence-corrected chi connectivity index (χ0v) is 17.6. The van der Waals surface area contributed by atoms with Gasteiger partial charge in [-0.15, -0.1) is 0 Å². The molecule has 160 valence electrons. The lowest BCUT2D eigenvalue weighted by molar-refractivity contribution is -0.134. The Labute approximate surface area is 181 Å². The lowest BCUT2D eigenvalue weighted by Gasteiger charge is -2.34. The third-order valence-electron chi connectivity index (χ3n) is 7.04. The number of likely N-dealkylation sites (tertiary alicyclic amines) is 1. The number of piperidine rings is 1. The maximum absolute atomic E-state index is 12.9. The average molecular weight is 418 g/mol. The largest absolute Gasteiger partial charge is 0.356 e. The number of aromatic nitrogens is 5. The van der Waals surface area contributed by atoms with E-state index in [1.807, 2.05) is 23.1 Å². The molecule has 1 aliphatic carbocycles. The molecule has 3 fully saturated rings. The molecule has 3 aliphatic rings. The smallest absolute Gasteiger partial charge is 0.227 e. The van der Waals surface area contributed by atoms with Crippen molar-refractivity contribution < 1.29 is 4.79 Å². The van der Waals surface area contributed by atoms with Crippen LogP contribution in [0.1, 0.15) is 50.2 Å². The Kier molecular flexibility index (Phi) is 4.40. The molecule has 1 saturated carbocycles. The van der Waals surface area contributed by atoms with Gasteiger partial charge in [0.15, 0.2) is 5.65 Å². The van der Waals surface area contributed by atoms with Crippen molar-refractivity contribution in [3.8, 4) is 0 Å². The molecule has 31 heavy (non-hydrogen) atoms. The van der Waals surface area contributed by atoms with E-state index in [2.05, 4.69) is 19.9 Å². The van der Waals surface area contributed by atoms with Crippen molar-refractivity contribution in [3.05, 3.63) is 42.2 Å². The molecule has 0 aromatic carbocycles. The maximum Gasteiger partial charge on any atom is 0.227 e. The Morgan fingerprint density at radius 2 is 1.84 bits per heavy atom. The summed E-state index contributed by atoms with van der Waals surface area (Å²) in [5.41, 5.74) is 1.45. The Morgan fingerprint density at radius 1 is 1.03 bits per heavy atom. The Bertz CT molecular complexity index is 1100. The third kappa shape index (κ3) is 3.25. The molecule has 3 aromatic rings. The highest BCUT2D eigenvalue weighted by molar-refractivity contribution is 5.80. The van der Waals surface area contributed by atoms with E-state index in [0.29, 0.717) is 5.91 Å². The minimum absolute atomic E-state index is 0.0756. The van der Waals surface area contributed by atoms with E-state index in [4.69, 9.17) is 9.97 Å². The Hall–Kier alpha value is -3.03. The van der Waals surface area contributed by atoms with Crippen LogP contribution in [0.4, 0.5) is 5.82 Å². The molecule has 2 saturated heterocycles. The normalized spacial score (nSPS) is 22.8. The molecule has 6 rings (SSSR count). The van der Waals surface area contributed by atoms with Crippen molar-refractivity contribution >= 4 is 22.9 Å². The fourth-order valence-electron chi connectivity index (χ4n) is 5.11. The quantitative estimate of drug-likeness (QED) is 0.702. The second kappa shape index (κ2) is 7.28. The van der Waals surface area contributed by atoms with E-state index in [-0.39, 0.29) is 11.3 Å². The molecule has 0 bridgehead atoms. The van der Waals surface area contributed by atoms with E-state index in [1.54, 1.807) is 12.4 Å². The summed E-state index contributed by atoms with van der Waals surface area (Å²) in [5.74, 6) is 3.05. The van der Waals surface area contributed by atoms with Crippen molar-refractivity contribution in [3.63, 3.8) is 0 Å². The van der Waals surface area contributed by atoms with Gasteiger partial charge in [-0.25, -0.2) is 19.9 Å². The van der Waals surface area contributed by atoms with Crippen molar-refractivity contribution in [2.24, 2.45) is 5.92 Å². The lowest BCUT2D eigenvalue weighted by Crippen LogP contribution is -2.44. The van der Waals surface area contributed by atoms with Crippen molar-refractivity contribution in [2.45, 2.75) is 43.9 Å². The fraction of sp³-hybridized carbons (Fsp3) is 0.522. The number of nitrogens with zero attached hydrogens (tertiary/aromatic N) is 6. The van der Waals surface area contributed by atoms with Crippen LogP contribution >= 0.6 is 0 Å². The van der Waals surface area contributed by atoms with Gasteiger partial charge in [0.1, 0.15) is 23.0 Å². The number of nitrogens with one attached hydrogen (secondary N) is 1. The van der Waals surface area contributed by atoms with Crippen molar-refractivity contribution in [1.82, 2.24) is 29.8 Å². The number of hydrogen-bond acceptors (Lipinski definition) is 6. The minimum atomic E-state index is -0.208. The number of carbonyl (C=O) groups excluding carboxylic acids is 1. The van der Waals surface area contributed by atoms with Crippen LogP contribution in [0.2, 0.25) is 0 Å². The highest BCUT2D eigenvalue weighted by Gasteiger charge is 2.51. The number of amides is 1. The molecule has 1 atom stereocenters. The number of fused-ring (bicyclic) bond motifs is 1. The van der Waals surface area contributed by atoms with Crippen LogP contribution in [0.3, 0.4) is 0 Å². The molecule has 1 N–H and O–H groups in total. The summed E-state index contributed by atoms with van der Waals surface area (Å²) < 4.78 is 0. The van der Waals surface area contributed by atoms with Crippen LogP contribution in [0.15, 0.2) is 30.6 Å². The molecular weight excluding hydrogens is 390 g/mol. The Morgan fingerprint density at radius 3 is 2.61 bits per heavy atom. The SMILES string of the molecule is O=C([C@@H]1CCCN(c2ccc3nc(C4(c5ncccn5)CC4)[nH]c3n2)C1)N1CCCC1. The number of aromatic amines is 1. The first-order valence-electron chi connectivity index (χ1n) is 11.4. The van der Waals surface area contributed by atoms with E-state index < -0.39 is 0 Å². The summed E-state index contributed by atoms with van der Waals surface area (Å²) in [6, 6.07) is 5.91. The van der Waals surface area contributed by atoms with Gasteiger partial charge in [-0.3, -0.25) is 4.79 Å². The van der Waals surface area contributed by atoms with Crippen molar-refractivity contribution in [2.75, 3.05) is 31.1 Å². The molecular formula is C23H27N7O. The highest BCUT2D eigenvalue weighted by atomic mass is 16.2. The standard InChI is InChI=1S/C23H27N7O/c31-20(29-12-1-2-13-29)16-5-3-14-30(15-16)18-7-6-17-19(27-18)28-22(26-17)23(8-9-23)21-24-10-4-11-25-21/h4,6-7,10-11,16H,1-3,5,8-9,12-15H2,(H,26,27,28)/t16-/m1/s1. The van der Waals surface area contributed by atoms with Crippen LogP contribution < -0.4 is 4.90 Å². The number of anilines is 1. The number of H-pyrrole nitrogens is 1. The third-order valence-corrected chi connectivity index (χ3v) is 7.04. The predicted molar refractivity (Wildman–Crippen MR) is 117 cm³/mol. The highest BCUT2D eigenvalue weighted by Crippen LogP contribution is 2.51. The van der Waals surface area contributed by atoms with Gasteiger partial charge in [-0.2, -0.15) is 0 Å². The molecule has 0 unspecified atom stereocenters. The van der Waals surface area contributed by atoms with Crippen molar-refractivity contribution in [1.29, 1.82) is 0 Å². The number of pyridine rings is 1. The van der Waals surface area contributed by atoms with Crippen LogP contribution in [0, 0.1) is 5.92 Å². The number of rotatable bonds is 4. The molecule has 8 nitrogen and oxygen atoms in total. The van der Waals surface area contributed by atoms with Crippen LogP contribution in [0.25, 0.3) is 11.2 Å². The monoisotopic (exact) mass is 417 g/mol. The van der Waals surface area contributed by atoms with Gasteiger partial charge in [0.2, 0.25) is 5.91 Å². The molecule has 3 aromatic heterocycles. The summed E-state index contributed by atoms with van der Waals surface area (Å²) in [7, 11) is 0. The average Bonchev–Trinajstić information content (AvgIpc) is 3.24. The topological polar surface area (TPSA) is 90.9 Å². The molecule has 0 spiro atoms. The summed E-state index contributed by atoms with van der Waals surface area (Å²) in [6.45, 7) is 3.52. The molecule has 2 aliphatic heterocycles.